The molecule has 1 aromatic carbocycles. The SMILES string of the molecule is CC(=O)OC[C@H]1O[C@H](OC[C@@H](Cn2cc(CN(c3nc(-c4ccc(Br)cc4)no3)C3CCCCC3)nn2)OC(C)=O)C=C[C@@H]1OC(C)=O. The van der Waals surface area contributed by atoms with Gasteiger partial charge in [-0.3, -0.25) is 14.4 Å². The third kappa shape index (κ3) is 10.2. The molecule has 0 amide bonds. The quantitative estimate of drug-likeness (QED) is 0.132. The van der Waals surface area contributed by atoms with Gasteiger partial charge in [-0.25, -0.2) is 4.68 Å². The first-order valence-corrected chi connectivity index (χ1v) is 16.6. The van der Waals surface area contributed by atoms with Crippen molar-refractivity contribution in [2.75, 3.05) is 18.1 Å². The van der Waals surface area contributed by atoms with E-state index in [1.54, 1.807) is 23.0 Å². The number of hydrogen-bond donors (Lipinski definition) is 0. The molecule has 2 aromatic heterocycles. The highest BCUT2D eigenvalue weighted by Gasteiger charge is 2.32. The van der Waals surface area contributed by atoms with E-state index in [4.69, 9.17) is 33.2 Å². The minimum absolute atomic E-state index is 0.0443. The van der Waals surface area contributed by atoms with Crippen molar-refractivity contribution in [3.8, 4) is 11.4 Å². The average molecular weight is 732 g/mol. The molecule has 0 saturated heterocycles. The Kier molecular flexibility index (Phi) is 12.3. The van der Waals surface area contributed by atoms with E-state index in [1.165, 1.54) is 27.2 Å². The summed E-state index contributed by atoms with van der Waals surface area (Å²) in [5, 5.41) is 12.9. The molecule has 0 spiro atoms. The maximum atomic E-state index is 11.9. The molecule has 1 saturated carbocycles. The van der Waals surface area contributed by atoms with Gasteiger partial charge in [0.25, 0.3) is 0 Å². The lowest BCUT2D eigenvalue weighted by atomic mass is 9.94. The lowest BCUT2D eigenvalue weighted by molar-refractivity contribution is -0.205. The Morgan fingerprint density at radius 3 is 2.52 bits per heavy atom. The van der Waals surface area contributed by atoms with Crippen molar-refractivity contribution in [3.05, 3.63) is 52.8 Å². The molecule has 0 unspecified atom stereocenters. The number of carbonyl (C=O) groups excluding carboxylic acids is 3. The van der Waals surface area contributed by atoms with Crippen molar-refractivity contribution in [1.29, 1.82) is 0 Å². The number of benzene rings is 1. The molecular weight excluding hydrogens is 692 g/mol. The summed E-state index contributed by atoms with van der Waals surface area (Å²) >= 11 is 3.46. The van der Waals surface area contributed by atoms with Gasteiger partial charge in [0.05, 0.1) is 25.9 Å². The molecule has 3 aromatic rings. The molecule has 4 atom stereocenters. The maximum absolute atomic E-state index is 11.9. The zero-order valence-electron chi connectivity index (χ0n) is 27.0. The number of esters is 3. The molecule has 5 rings (SSSR count). The highest BCUT2D eigenvalue weighted by Crippen LogP contribution is 2.30. The monoisotopic (exact) mass is 730 g/mol. The predicted octanol–water partition coefficient (Wildman–Crippen LogP) is 4.15. The standard InChI is InChI=1S/C32H39BrN6O9/c1-20(40)43-19-29-28(46-22(3)42)13-14-30(47-29)44-18-27(45-21(2)41)17-38-15-25(35-37-38)16-39(26-7-5-4-6-8-26)32-34-31(36-48-32)23-9-11-24(33)12-10-23/h9-15,26-30H,4-8,16-19H2,1-3H3/t27-,28+,29-,30+/m1/s1. The molecule has 3 heterocycles. The molecule has 258 valence electrons. The second kappa shape index (κ2) is 16.8. The molecule has 48 heavy (non-hydrogen) atoms. The first-order valence-electron chi connectivity index (χ1n) is 15.8. The predicted molar refractivity (Wildman–Crippen MR) is 172 cm³/mol. The Labute approximate surface area is 286 Å². The van der Waals surface area contributed by atoms with Crippen molar-refractivity contribution in [1.82, 2.24) is 25.1 Å². The maximum Gasteiger partial charge on any atom is 0.325 e. The van der Waals surface area contributed by atoms with E-state index in [2.05, 4.69) is 36.3 Å². The van der Waals surface area contributed by atoms with E-state index in [9.17, 15) is 14.4 Å². The molecule has 1 fully saturated rings. The zero-order chi connectivity index (χ0) is 34.0. The Hall–Kier alpha value is -4.15. The molecule has 16 heteroatoms. The number of halogens is 1. The first-order chi connectivity index (χ1) is 23.1. The highest BCUT2D eigenvalue weighted by atomic mass is 79.9. The van der Waals surface area contributed by atoms with E-state index in [-0.39, 0.29) is 25.8 Å². The van der Waals surface area contributed by atoms with Crippen molar-refractivity contribution in [2.45, 2.75) is 96.6 Å². The summed E-state index contributed by atoms with van der Waals surface area (Å²) in [6.07, 6.45) is 7.24. The summed E-state index contributed by atoms with van der Waals surface area (Å²) in [6.45, 7) is 4.23. The fraction of sp³-hybridized carbons (Fsp3) is 0.531. The van der Waals surface area contributed by atoms with E-state index < -0.39 is 42.5 Å². The van der Waals surface area contributed by atoms with Crippen LogP contribution < -0.4 is 4.90 Å². The van der Waals surface area contributed by atoms with Gasteiger partial charge in [-0.2, -0.15) is 4.98 Å². The first kappa shape index (κ1) is 35.2. The third-order valence-corrected chi connectivity index (χ3v) is 8.28. The second-order valence-electron chi connectivity index (χ2n) is 11.6. The summed E-state index contributed by atoms with van der Waals surface area (Å²) in [7, 11) is 0. The van der Waals surface area contributed by atoms with Crippen LogP contribution in [-0.2, 0) is 51.2 Å². The van der Waals surface area contributed by atoms with Crippen LogP contribution in [0.15, 0.2) is 51.6 Å². The second-order valence-corrected chi connectivity index (χ2v) is 12.5. The molecule has 1 aliphatic heterocycles. The highest BCUT2D eigenvalue weighted by molar-refractivity contribution is 9.10. The lowest BCUT2D eigenvalue weighted by Gasteiger charge is -2.32. The van der Waals surface area contributed by atoms with Crippen molar-refractivity contribution in [3.63, 3.8) is 0 Å². The molecule has 0 radical (unpaired) electrons. The van der Waals surface area contributed by atoms with Crippen LogP contribution in [0.4, 0.5) is 6.01 Å². The van der Waals surface area contributed by atoms with Gasteiger partial charge in [0.1, 0.15) is 30.6 Å². The fourth-order valence-electron chi connectivity index (χ4n) is 5.59. The summed E-state index contributed by atoms with van der Waals surface area (Å²) in [4.78, 5) is 41.6. The topological polar surface area (TPSA) is 170 Å². The summed E-state index contributed by atoms with van der Waals surface area (Å²) in [6, 6.07) is 8.34. The largest absolute Gasteiger partial charge is 0.463 e. The normalized spacial score (nSPS) is 20.2. The van der Waals surface area contributed by atoms with Crippen molar-refractivity contribution < 1.29 is 42.6 Å². The van der Waals surface area contributed by atoms with Crippen LogP contribution in [0.5, 0.6) is 0 Å². The van der Waals surface area contributed by atoms with Crippen LogP contribution in [0.1, 0.15) is 58.6 Å². The fourth-order valence-corrected chi connectivity index (χ4v) is 5.86. The van der Waals surface area contributed by atoms with Crippen LogP contribution in [0.3, 0.4) is 0 Å². The minimum Gasteiger partial charge on any atom is -0.463 e. The summed E-state index contributed by atoms with van der Waals surface area (Å²) in [5.74, 6) is -0.999. The molecule has 15 nitrogen and oxygen atoms in total. The minimum atomic E-state index is -0.873. The number of nitrogens with zero attached hydrogens (tertiary/aromatic N) is 6. The lowest BCUT2D eigenvalue weighted by Crippen LogP contribution is -2.43. The number of ether oxygens (including phenoxy) is 5. The Morgan fingerprint density at radius 1 is 1.04 bits per heavy atom. The molecule has 0 bridgehead atoms. The van der Waals surface area contributed by atoms with Gasteiger partial charge in [0, 0.05) is 36.8 Å². The van der Waals surface area contributed by atoms with Crippen LogP contribution >= 0.6 is 15.9 Å². The zero-order valence-corrected chi connectivity index (χ0v) is 28.6. The molecule has 2 aliphatic rings. The molecule has 0 N–H and O–H groups in total. The van der Waals surface area contributed by atoms with Gasteiger partial charge < -0.3 is 33.1 Å². The van der Waals surface area contributed by atoms with E-state index in [0.29, 0.717) is 24.1 Å². The number of aromatic nitrogens is 5. The van der Waals surface area contributed by atoms with Crippen LogP contribution in [-0.4, -0.2) is 86.9 Å². The molecular formula is C32H39BrN6O9. The molecule has 1 aliphatic carbocycles. The van der Waals surface area contributed by atoms with Crippen molar-refractivity contribution in [2.24, 2.45) is 0 Å². The number of rotatable bonds is 14. The average Bonchev–Trinajstić information content (AvgIpc) is 3.72. The van der Waals surface area contributed by atoms with Crippen LogP contribution in [0.25, 0.3) is 11.4 Å². The van der Waals surface area contributed by atoms with Gasteiger partial charge in [-0.05, 0) is 49.3 Å². The van der Waals surface area contributed by atoms with Crippen LogP contribution in [0, 0.1) is 0 Å². The summed E-state index contributed by atoms with van der Waals surface area (Å²) in [5.41, 5.74) is 1.52. The van der Waals surface area contributed by atoms with Gasteiger partial charge in [0.15, 0.2) is 6.29 Å². The Bertz CT molecular complexity index is 1560. The smallest absolute Gasteiger partial charge is 0.325 e. The number of carbonyl (C=O) groups is 3. The van der Waals surface area contributed by atoms with E-state index >= 15 is 0 Å². The third-order valence-electron chi connectivity index (χ3n) is 7.75. The number of anilines is 1. The van der Waals surface area contributed by atoms with Gasteiger partial charge in [0.2, 0.25) is 5.82 Å². The number of hydrogen-bond acceptors (Lipinski definition) is 14. The summed E-state index contributed by atoms with van der Waals surface area (Å²) < 4.78 is 35.9. The van der Waals surface area contributed by atoms with E-state index in [0.717, 1.165) is 35.7 Å². The van der Waals surface area contributed by atoms with Gasteiger partial charge in [-0.15, -0.1) is 5.10 Å². The van der Waals surface area contributed by atoms with E-state index in [1.807, 2.05) is 24.3 Å². The van der Waals surface area contributed by atoms with Crippen molar-refractivity contribution >= 4 is 39.9 Å². The Morgan fingerprint density at radius 2 is 1.81 bits per heavy atom. The van der Waals surface area contributed by atoms with Gasteiger partial charge >= 0.3 is 23.9 Å². The van der Waals surface area contributed by atoms with Crippen LogP contribution in [0.2, 0.25) is 0 Å². The Balaban J connectivity index is 1.24. The van der Waals surface area contributed by atoms with Gasteiger partial charge in [-0.1, -0.05) is 45.6 Å².